The fourth-order valence-electron chi connectivity index (χ4n) is 1.35. The van der Waals surface area contributed by atoms with E-state index in [0.29, 0.717) is 18.3 Å². The molecule has 0 heterocycles. The molecule has 4 nitrogen and oxygen atoms in total. The topological polar surface area (TPSA) is 52.6 Å². The van der Waals surface area contributed by atoms with Crippen LogP contribution in [0.25, 0.3) is 0 Å². The van der Waals surface area contributed by atoms with Gasteiger partial charge in [0.15, 0.2) is 0 Å². The summed E-state index contributed by atoms with van der Waals surface area (Å²) < 4.78 is 21.2. The molecule has 1 aromatic rings. The summed E-state index contributed by atoms with van der Waals surface area (Å²) in [7, 11) is -0.855. The molecule has 0 spiro atoms. The molecule has 19 heavy (non-hydrogen) atoms. The maximum atomic E-state index is 11.8. The van der Waals surface area contributed by atoms with E-state index in [-0.39, 0.29) is 0 Å². The van der Waals surface area contributed by atoms with Crippen LogP contribution in [0.3, 0.4) is 0 Å². The van der Waals surface area contributed by atoms with E-state index in [0.717, 1.165) is 5.56 Å². The monoisotopic (exact) mass is 278 g/mol. The van der Waals surface area contributed by atoms with Crippen LogP contribution in [0.15, 0.2) is 42.0 Å². The molecule has 0 aromatic heterocycles. The number of rotatable bonds is 5. The molecular formula is C14H15O4P. The summed E-state index contributed by atoms with van der Waals surface area (Å²) in [5.41, 5.74) is 3.99. The van der Waals surface area contributed by atoms with E-state index in [2.05, 4.69) is 11.6 Å². The third-order valence-corrected chi connectivity index (χ3v) is 3.69. The van der Waals surface area contributed by atoms with Gasteiger partial charge < -0.3 is 9.05 Å². The first-order valence-electron chi connectivity index (χ1n) is 5.56. The van der Waals surface area contributed by atoms with E-state index in [1.807, 2.05) is 30.3 Å². The lowest BCUT2D eigenvalue weighted by Crippen LogP contribution is -1.90. The SMILES string of the molecule is COP(=O)(C#C/C(=C\C=O)Cc1ccccc1)OC. The third kappa shape index (κ3) is 5.23. The largest absolute Gasteiger partial charge is 0.405 e. The number of carbonyl (C=O) groups excluding carboxylic acids is 1. The first kappa shape index (κ1) is 15.4. The van der Waals surface area contributed by atoms with Gasteiger partial charge in [-0.25, -0.2) is 4.57 Å². The van der Waals surface area contributed by atoms with E-state index >= 15 is 0 Å². The first-order chi connectivity index (χ1) is 9.13. The molecule has 0 radical (unpaired) electrons. The van der Waals surface area contributed by atoms with Crippen LogP contribution in [0.5, 0.6) is 0 Å². The second kappa shape index (κ2) is 7.70. The lowest BCUT2D eigenvalue weighted by Gasteiger charge is -2.05. The van der Waals surface area contributed by atoms with E-state index in [1.54, 1.807) is 0 Å². The standard InChI is InChI=1S/C14H15O4P/c1-17-19(16,18-2)11-9-14(8-10-15)12-13-6-4-3-5-7-13/h3-8,10H,12H2,1-2H3/b14-8+. The van der Waals surface area contributed by atoms with Crippen molar-refractivity contribution in [1.29, 1.82) is 0 Å². The Labute approximate surface area is 113 Å². The van der Waals surface area contributed by atoms with Crippen molar-refractivity contribution in [2.75, 3.05) is 14.2 Å². The Bertz CT molecular complexity index is 544. The van der Waals surface area contributed by atoms with Crippen LogP contribution in [-0.2, 0) is 24.8 Å². The van der Waals surface area contributed by atoms with Crippen molar-refractivity contribution in [3.63, 3.8) is 0 Å². The molecule has 0 aliphatic carbocycles. The number of aldehydes is 1. The summed E-state index contributed by atoms with van der Waals surface area (Å²) in [5.74, 6) is 2.68. The third-order valence-electron chi connectivity index (χ3n) is 2.34. The van der Waals surface area contributed by atoms with Crippen LogP contribution in [0.4, 0.5) is 0 Å². The summed E-state index contributed by atoms with van der Waals surface area (Å²) in [4.78, 5) is 10.6. The quantitative estimate of drug-likeness (QED) is 0.360. The van der Waals surface area contributed by atoms with Gasteiger partial charge in [0.05, 0.1) is 0 Å². The minimum atomic E-state index is -3.38. The Balaban J connectivity index is 2.93. The zero-order valence-corrected chi connectivity index (χ0v) is 11.7. The highest BCUT2D eigenvalue weighted by Gasteiger charge is 2.16. The summed E-state index contributed by atoms with van der Waals surface area (Å²) in [5, 5.41) is 0. The molecule has 0 amide bonds. The Morgan fingerprint density at radius 3 is 2.42 bits per heavy atom. The minimum absolute atomic E-state index is 0.486. The fraction of sp³-hybridized carbons (Fsp3) is 0.214. The summed E-state index contributed by atoms with van der Waals surface area (Å²) in [6.45, 7) is 0. The van der Waals surface area contributed by atoms with Gasteiger partial charge in [-0.1, -0.05) is 36.3 Å². The number of benzene rings is 1. The van der Waals surface area contributed by atoms with Gasteiger partial charge in [-0.15, -0.1) is 0 Å². The molecule has 0 N–H and O–H groups in total. The molecule has 1 aromatic carbocycles. The zero-order chi connectivity index (χ0) is 14.1. The van der Waals surface area contributed by atoms with Crippen molar-refractivity contribution in [3.8, 4) is 11.6 Å². The van der Waals surface area contributed by atoms with Crippen LogP contribution >= 0.6 is 7.60 Å². The Hall–Kier alpha value is -1.66. The molecule has 0 fully saturated rings. The zero-order valence-electron chi connectivity index (χ0n) is 10.8. The predicted molar refractivity (Wildman–Crippen MR) is 73.7 cm³/mol. The molecule has 0 aliphatic rings. The van der Waals surface area contributed by atoms with Crippen molar-refractivity contribution < 1.29 is 18.4 Å². The van der Waals surface area contributed by atoms with Gasteiger partial charge in [-0.2, -0.15) is 0 Å². The molecule has 0 aliphatic heterocycles. The molecular weight excluding hydrogens is 263 g/mol. The second-order valence-electron chi connectivity index (χ2n) is 3.59. The molecule has 100 valence electrons. The van der Waals surface area contributed by atoms with Gasteiger partial charge >= 0.3 is 7.60 Å². The molecule has 0 bridgehead atoms. The first-order valence-corrected chi connectivity index (χ1v) is 7.11. The normalized spacial score (nSPS) is 11.6. The van der Waals surface area contributed by atoms with Crippen LogP contribution in [0, 0.1) is 11.6 Å². The molecule has 0 unspecified atom stereocenters. The molecule has 0 saturated carbocycles. The molecule has 0 atom stereocenters. The van der Waals surface area contributed by atoms with Gasteiger partial charge in [0.1, 0.15) is 6.29 Å². The minimum Gasteiger partial charge on any atom is -0.303 e. The maximum absolute atomic E-state index is 11.8. The Morgan fingerprint density at radius 1 is 1.26 bits per heavy atom. The highest BCUT2D eigenvalue weighted by atomic mass is 31.2. The lowest BCUT2D eigenvalue weighted by molar-refractivity contribution is -0.104. The van der Waals surface area contributed by atoms with Gasteiger partial charge in [-0.05, 0) is 11.6 Å². The average molecular weight is 278 g/mol. The van der Waals surface area contributed by atoms with Gasteiger partial charge in [-0.3, -0.25) is 4.79 Å². The van der Waals surface area contributed by atoms with Gasteiger partial charge in [0.25, 0.3) is 0 Å². The van der Waals surface area contributed by atoms with E-state index in [4.69, 9.17) is 9.05 Å². The number of hydrogen-bond donors (Lipinski definition) is 0. The van der Waals surface area contributed by atoms with Crippen molar-refractivity contribution in [2.45, 2.75) is 6.42 Å². The summed E-state index contributed by atoms with van der Waals surface area (Å²) in [6, 6.07) is 9.55. The molecule has 0 saturated heterocycles. The van der Waals surface area contributed by atoms with Crippen LogP contribution in [0.1, 0.15) is 5.56 Å². The van der Waals surface area contributed by atoms with Gasteiger partial charge in [0.2, 0.25) is 0 Å². The molecule has 5 heteroatoms. The summed E-state index contributed by atoms with van der Waals surface area (Å²) in [6.07, 6.45) is 2.48. The van der Waals surface area contributed by atoms with Crippen molar-refractivity contribution in [2.24, 2.45) is 0 Å². The highest BCUT2D eigenvalue weighted by molar-refractivity contribution is 7.59. The second-order valence-corrected chi connectivity index (χ2v) is 5.54. The average Bonchev–Trinajstić information content (AvgIpc) is 2.46. The van der Waals surface area contributed by atoms with Crippen molar-refractivity contribution in [1.82, 2.24) is 0 Å². The Kier molecular flexibility index (Phi) is 6.24. The predicted octanol–water partition coefficient (Wildman–Crippen LogP) is 2.80. The number of allylic oxidation sites excluding steroid dienone is 2. The number of carbonyl (C=O) groups is 1. The fourth-order valence-corrected chi connectivity index (χ4v) is 1.96. The highest BCUT2D eigenvalue weighted by Crippen LogP contribution is 2.44. The van der Waals surface area contributed by atoms with Crippen LogP contribution in [0.2, 0.25) is 0 Å². The van der Waals surface area contributed by atoms with E-state index in [9.17, 15) is 9.36 Å². The van der Waals surface area contributed by atoms with Crippen LogP contribution in [-0.4, -0.2) is 20.5 Å². The van der Waals surface area contributed by atoms with Crippen molar-refractivity contribution in [3.05, 3.63) is 47.5 Å². The number of hydrogen-bond acceptors (Lipinski definition) is 4. The maximum Gasteiger partial charge on any atom is 0.405 e. The lowest BCUT2D eigenvalue weighted by atomic mass is 10.1. The van der Waals surface area contributed by atoms with E-state index < -0.39 is 7.60 Å². The molecule has 1 rings (SSSR count). The smallest absolute Gasteiger partial charge is 0.303 e. The Morgan fingerprint density at radius 2 is 1.89 bits per heavy atom. The van der Waals surface area contributed by atoms with E-state index in [1.165, 1.54) is 20.3 Å². The summed E-state index contributed by atoms with van der Waals surface area (Å²) >= 11 is 0. The van der Waals surface area contributed by atoms with Gasteiger partial charge in [0, 0.05) is 31.9 Å². The van der Waals surface area contributed by atoms with Crippen LogP contribution < -0.4 is 0 Å². The van der Waals surface area contributed by atoms with Crippen molar-refractivity contribution >= 4 is 13.9 Å².